The lowest BCUT2D eigenvalue weighted by molar-refractivity contribution is -0.166. The van der Waals surface area contributed by atoms with Crippen LogP contribution in [0.5, 0.6) is 0 Å². The van der Waals surface area contributed by atoms with Gasteiger partial charge in [-0.05, 0) is 80.0 Å². The number of aliphatic hydroxyl groups excluding tert-OH is 1. The van der Waals surface area contributed by atoms with Gasteiger partial charge in [0.25, 0.3) is 0 Å². The summed E-state index contributed by atoms with van der Waals surface area (Å²) in [6, 6.07) is 0. The quantitative estimate of drug-likeness (QED) is 0.795. The van der Waals surface area contributed by atoms with Gasteiger partial charge < -0.3 is 5.11 Å². The Hall–Kier alpha value is -0.700. The predicted octanol–water partition coefficient (Wildman–Crippen LogP) is 3.77. The summed E-state index contributed by atoms with van der Waals surface area (Å²) in [5.41, 5.74) is 0.256. The van der Waals surface area contributed by atoms with E-state index in [0.717, 1.165) is 32.1 Å². The van der Waals surface area contributed by atoms with Crippen LogP contribution in [0.3, 0.4) is 0 Å². The fourth-order valence-corrected chi connectivity index (χ4v) is 7.76. The molecule has 3 nitrogen and oxygen atoms in total. The smallest absolute Gasteiger partial charge is 0.133 e. The van der Waals surface area contributed by atoms with Crippen molar-refractivity contribution in [3.8, 4) is 0 Å². The van der Waals surface area contributed by atoms with E-state index in [9.17, 15) is 14.7 Å². The second-order valence-electron chi connectivity index (χ2n) is 9.82. The highest BCUT2D eigenvalue weighted by Gasteiger charge is 2.62. The van der Waals surface area contributed by atoms with Gasteiger partial charge in [-0.1, -0.05) is 13.8 Å². The Bertz CT molecular complexity index is 569. The van der Waals surface area contributed by atoms with E-state index in [2.05, 4.69) is 13.8 Å². The van der Waals surface area contributed by atoms with Gasteiger partial charge in [0.1, 0.15) is 11.6 Å². The first-order valence-corrected chi connectivity index (χ1v) is 9.97. The monoisotopic (exact) mass is 332 g/mol. The molecule has 0 aromatic rings. The number of aliphatic hydroxyl groups is 1. The highest BCUT2D eigenvalue weighted by atomic mass is 16.3. The molecule has 0 spiro atoms. The molecule has 0 unspecified atom stereocenters. The first kappa shape index (κ1) is 16.8. The van der Waals surface area contributed by atoms with Gasteiger partial charge in [0.15, 0.2) is 0 Å². The highest BCUT2D eigenvalue weighted by molar-refractivity contribution is 5.80. The highest BCUT2D eigenvalue weighted by Crippen LogP contribution is 2.67. The Morgan fingerprint density at radius 2 is 1.75 bits per heavy atom. The van der Waals surface area contributed by atoms with Gasteiger partial charge in [0.05, 0.1) is 6.10 Å². The van der Waals surface area contributed by atoms with Crippen LogP contribution in [0.15, 0.2) is 0 Å². The van der Waals surface area contributed by atoms with Crippen LogP contribution >= 0.6 is 0 Å². The molecule has 8 atom stereocenters. The zero-order valence-corrected chi connectivity index (χ0v) is 15.4. The Morgan fingerprint density at radius 3 is 2.46 bits per heavy atom. The van der Waals surface area contributed by atoms with E-state index in [0.29, 0.717) is 42.2 Å². The minimum Gasteiger partial charge on any atom is -0.393 e. The summed E-state index contributed by atoms with van der Waals surface area (Å²) < 4.78 is 0. The molecule has 134 valence electrons. The minimum absolute atomic E-state index is 0.117. The second kappa shape index (κ2) is 5.40. The Morgan fingerprint density at radius 1 is 1.04 bits per heavy atom. The molecule has 0 aliphatic heterocycles. The van der Waals surface area contributed by atoms with Crippen LogP contribution < -0.4 is 0 Å². The predicted molar refractivity (Wildman–Crippen MR) is 92.3 cm³/mol. The molecule has 0 heterocycles. The molecule has 0 bridgehead atoms. The van der Waals surface area contributed by atoms with E-state index in [-0.39, 0.29) is 28.8 Å². The van der Waals surface area contributed by atoms with Crippen LogP contribution in [0.4, 0.5) is 0 Å². The molecule has 0 aromatic heterocycles. The van der Waals surface area contributed by atoms with Crippen molar-refractivity contribution in [1.29, 1.82) is 0 Å². The van der Waals surface area contributed by atoms with Crippen LogP contribution in [0, 0.1) is 40.4 Å². The second-order valence-corrected chi connectivity index (χ2v) is 9.82. The number of rotatable bonds is 1. The van der Waals surface area contributed by atoms with Gasteiger partial charge in [-0.3, -0.25) is 9.59 Å². The number of hydrogen-bond acceptors (Lipinski definition) is 3. The van der Waals surface area contributed by atoms with E-state index in [1.54, 1.807) is 6.92 Å². The molecular weight excluding hydrogens is 300 g/mol. The van der Waals surface area contributed by atoms with Crippen LogP contribution in [0.25, 0.3) is 0 Å². The molecule has 3 heteroatoms. The van der Waals surface area contributed by atoms with Crippen LogP contribution in [-0.2, 0) is 9.59 Å². The first-order valence-electron chi connectivity index (χ1n) is 9.97. The number of carbonyl (C=O) groups excluding carboxylic acids is 2. The van der Waals surface area contributed by atoms with E-state index in [1.165, 1.54) is 6.42 Å². The average molecular weight is 332 g/mol. The van der Waals surface area contributed by atoms with Crippen molar-refractivity contribution in [1.82, 2.24) is 0 Å². The maximum absolute atomic E-state index is 12.2. The summed E-state index contributed by atoms with van der Waals surface area (Å²) in [5.74, 6) is 2.83. The van der Waals surface area contributed by atoms with Crippen molar-refractivity contribution in [2.45, 2.75) is 78.2 Å². The molecule has 1 N–H and O–H groups in total. The number of Topliss-reactive ketones (excluding diaryl/α,β-unsaturated/α-hetero) is 2. The first-order chi connectivity index (χ1) is 11.3. The summed E-state index contributed by atoms with van der Waals surface area (Å²) >= 11 is 0. The number of hydrogen-bond donors (Lipinski definition) is 1. The Kier molecular flexibility index (Phi) is 3.77. The maximum Gasteiger partial charge on any atom is 0.133 e. The van der Waals surface area contributed by atoms with Gasteiger partial charge in [0.2, 0.25) is 0 Å². The van der Waals surface area contributed by atoms with Gasteiger partial charge >= 0.3 is 0 Å². The van der Waals surface area contributed by atoms with E-state index >= 15 is 0 Å². The SMILES string of the molecule is CC(=O)[C@@H]1CC[C@@H]2[C@H]3C[C@@H](O)[C@H]4CC(=O)CC[C@]4(C)[C@@H]3CC[C@@]21C. The van der Waals surface area contributed by atoms with E-state index in [4.69, 9.17) is 0 Å². The Balaban J connectivity index is 1.67. The zero-order chi connectivity index (χ0) is 17.3. The van der Waals surface area contributed by atoms with Crippen molar-refractivity contribution in [3.05, 3.63) is 0 Å². The lowest BCUT2D eigenvalue weighted by Crippen LogP contribution is -2.58. The lowest BCUT2D eigenvalue weighted by Gasteiger charge is -2.61. The van der Waals surface area contributed by atoms with E-state index in [1.807, 2.05) is 0 Å². The molecule has 0 saturated heterocycles. The molecule has 4 rings (SSSR count). The largest absolute Gasteiger partial charge is 0.393 e. The standard InChI is InChI=1S/C21H32O3/c1-12(22)15-4-5-16-14-11-19(24)18-10-13(23)6-8-21(18,3)17(14)7-9-20(15,16)2/h14-19,24H,4-11H2,1-3H3/t14-,15+,16-,17-,18-,19-,20-,21-/m1/s1. The van der Waals surface area contributed by atoms with Gasteiger partial charge in [-0.15, -0.1) is 0 Å². The van der Waals surface area contributed by atoms with Gasteiger partial charge in [-0.2, -0.15) is 0 Å². The molecule has 0 aromatic carbocycles. The summed E-state index contributed by atoms with van der Waals surface area (Å²) in [6.07, 6.45) is 7.25. The van der Waals surface area contributed by atoms with Crippen LogP contribution in [0.1, 0.15) is 72.1 Å². The number of carbonyl (C=O) groups is 2. The molecule has 0 radical (unpaired) electrons. The van der Waals surface area contributed by atoms with Crippen molar-refractivity contribution in [2.75, 3.05) is 0 Å². The van der Waals surface area contributed by atoms with Crippen molar-refractivity contribution >= 4 is 11.6 Å². The topological polar surface area (TPSA) is 54.4 Å². The Labute approximate surface area is 145 Å². The molecule has 24 heavy (non-hydrogen) atoms. The normalized spacial score (nSPS) is 53.9. The van der Waals surface area contributed by atoms with Crippen molar-refractivity contribution < 1.29 is 14.7 Å². The lowest BCUT2D eigenvalue weighted by atomic mass is 9.44. The minimum atomic E-state index is -0.334. The molecular formula is C21H32O3. The van der Waals surface area contributed by atoms with Crippen molar-refractivity contribution in [2.24, 2.45) is 40.4 Å². The number of ketones is 2. The molecule has 4 saturated carbocycles. The third kappa shape index (κ3) is 2.12. The van der Waals surface area contributed by atoms with E-state index < -0.39 is 0 Å². The average Bonchev–Trinajstić information content (AvgIpc) is 2.87. The van der Waals surface area contributed by atoms with Gasteiger partial charge in [0, 0.05) is 18.8 Å². The van der Waals surface area contributed by atoms with Gasteiger partial charge in [-0.25, -0.2) is 0 Å². The molecule has 4 aliphatic carbocycles. The number of fused-ring (bicyclic) bond motifs is 5. The summed E-state index contributed by atoms with van der Waals surface area (Å²) in [7, 11) is 0. The third-order valence-electron chi connectivity index (χ3n) is 8.99. The summed E-state index contributed by atoms with van der Waals surface area (Å²) in [6.45, 7) is 6.46. The summed E-state index contributed by atoms with van der Waals surface area (Å²) in [4.78, 5) is 24.1. The molecule has 4 aliphatic rings. The van der Waals surface area contributed by atoms with Crippen molar-refractivity contribution in [3.63, 3.8) is 0 Å². The fourth-order valence-electron chi connectivity index (χ4n) is 7.76. The summed E-state index contributed by atoms with van der Waals surface area (Å²) in [5, 5.41) is 10.9. The third-order valence-corrected chi connectivity index (χ3v) is 8.99. The zero-order valence-electron chi connectivity index (χ0n) is 15.4. The van der Waals surface area contributed by atoms with Crippen LogP contribution in [-0.4, -0.2) is 22.8 Å². The molecule has 0 amide bonds. The van der Waals surface area contributed by atoms with Crippen LogP contribution in [0.2, 0.25) is 0 Å². The molecule has 4 fully saturated rings. The fraction of sp³-hybridized carbons (Fsp3) is 0.905. The maximum atomic E-state index is 12.2.